The number of nitro benzene ring substituents is 1. The maximum Gasteiger partial charge on any atom is 0.270 e. The largest absolute Gasteiger partial charge is 0.383 e. The average Bonchev–Trinajstić information content (AvgIpc) is 3.20. The van der Waals surface area contributed by atoms with Crippen LogP contribution in [0.25, 0.3) is 28.2 Å². The Labute approximate surface area is 161 Å². The molecule has 0 atom stereocenters. The number of nitrogens with two attached hydrogens (primary N) is 1. The summed E-state index contributed by atoms with van der Waals surface area (Å²) in [6.45, 7) is 0. The fraction of sp³-hybridized carbons (Fsp3) is 0. The van der Waals surface area contributed by atoms with Gasteiger partial charge in [-0.2, -0.15) is 4.68 Å². The lowest BCUT2D eigenvalue weighted by molar-refractivity contribution is -0.384. The third-order valence-electron chi connectivity index (χ3n) is 4.18. The lowest BCUT2D eigenvalue weighted by Crippen LogP contribution is -2.06. The van der Waals surface area contributed by atoms with Gasteiger partial charge in [0.05, 0.1) is 10.5 Å². The maximum atomic E-state index is 14.2. The van der Waals surface area contributed by atoms with Crippen LogP contribution in [-0.2, 0) is 0 Å². The predicted octanol–water partition coefficient (Wildman–Crippen LogP) is 3.16. The Morgan fingerprint density at radius 3 is 2.66 bits per heavy atom. The molecule has 9 nitrogen and oxygen atoms in total. The van der Waals surface area contributed by atoms with E-state index in [2.05, 4.69) is 20.5 Å². The molecule has 0 radical (unpaired) electrons. The van der Waals surface area contributed by atoms with Crippen molar-refractivity contribution in [1.29, 1.82) is 0 Å². The van der Waals surface area contributed by atoms with E-state index >= 15 is 0 Å². The standard InChI is InChI=1S/C18H11F2N7O2/c19-14-5-2-6-15(16(14)20)26-18(23-24-25-26)13-8-11(9-22-17(13)21)10-3-1-4-12(7-10)27(28)29/h1-9H,(H2,21,22). The molecule has 0 spiro atoms. The van der Waals surface area contributed by atoms with Crippen LogP contribution in [0.4, 0.5) is 20.3 Å². The van der Waals surface area contributed by atoms with Crippen molar-refractivity contribution in [2.75, 3.05) is 5.73 Å². The number of nitro groups is 1. The number of tetrazole rings is 1. The minimum absolute atomic E-state index is 0.0341. The molecule has 0 aliphatic rings. The van der Waals surface area contributed by atoms with Crippen LogP contribution in [0.15, 0.2) is 54.7 Å². The van der Waals surface area contributed by atoms with Crippen molar-refractivity contribution in [3.05, 3.63) is 76.5 Å². The third-order valence-corrected chi connectivity index (χ3v) is 4.18. The van der Waals surface area contributed by atoms with Crippen LogP contribution in [0.3, 0.4) is 0 Å². The van der Waals surface area contributed by atoms with Crippen LogP contribution in [0.1, 0.15) is 0 Å². The number of anilines is 1. The van der Waals surface area contributed by atoms with Gasteiger partial charge in [0.1, 0.15) is 11.5 Å². The Hall–Kier alpha value is -4.28. The van der Waals surface area contributed by atoms with Crippen LogP contribution in [0.2, 0.25) is 0 Å². The Morgan fingerprint density at radius 1 is 1.07 bits per heavy atom. The highest BCUT2D eigenvalue weighted by Crippen LogP contribution is 2.31. The number of nitrogen functional groups attached to an aromatic ring is 1. The van der Waals surface area contributed by atoms with Gasteiger partial charge in [-0.1, -0.05) is 18.2 Å². The first kappa shape index (κ1) is 18.1. The van der Waals surface area contributed by atoms with Crippen molar-refractivity contribution in [3.63, 3.8) is 0 Å². The molecule has 0 bridgehead atoms. The number of nitrogens with zero attached hydrogens (tertiary/aromatic N) is 6. The van der Waals surface area contributed by atoms with Gasteiger partial charge in [-0.15, -0.1) is 5.10 Å². The minimum Gasteiger partial charge on any atom is -0.383 e. The summed E-state index contributed by atoms with van der Waals surface area (Å²) >= 11 is 0. The van der Waals surface area contributed by atoms with Gasteiger partial charge in [-0.25, -0.2) is 13.8 Å². The summed E-state index contributed by atoms with van der Waals surface area (Å²) in [7, 11) is 0. The summed E-state index contributed by atoms with van der Waals surface area (Å²) in [5, 5.41) is 22.1. The van der Waals surface area contributed by atoms with Gasteiger partial charge in [-0.3, -0.25) is 10.1 Å². The second kappa shape index (κ2) is 7.03. The summed E-state index contributed by atoms with van der Waals surface area (Å²) in [4.78, 5) is 14.6. The molecule has 2 heterocycles. The molecule has 0 aliphatic carbocycles. The molecule has 0 saturated carbocycles. The number of halogens is 2. The Balaban J connectivity index is 1.85. The van der Waals surface area contributed by atoms with Crippen LogP contribution < -0.4 is 5.73 Å². The van der Waals surface area contributed by atoms with E-state index in [0.717, 1.165) is 10.7 Å². The van der Waals surface area contributed by atoms with Crippen molar-refractivity contribution in [3.8, 4) is 28.2 Å². The van der Waals surface area contributed by atoms with Gasteiger partial charge in [0, 0.05) is 23.9 Å². The Bertz CT molecular complexity index is 1240. The fourth-order valence-corrected chi connectivity index (χ4v) is 2.78. The summed E-state index contributed by atoms with van der Waals surface area (Å²) < 4.78 is 28.9. The van der Waals surface area contributed by atoms with E-state index in [4.69, 9.17) is 5.73 Å². The number of aromatic nitrogens is 5. The SMILES string of the molecule is Nc1ncc(-c2cccc([N+](=O)[O-])c2)cc1-c1nnnn1-c1cccc(F)c1F. The summed E-state index contributed by atoms with van der Waals surface area (Å²) in [5.41, 5.74) is 6.94. The van der Waals surface area contributed by atoms with Crippen LogP contribution in [0, 0.1) is 21.7 Å². The molecule has 0 saturated heterocycles. The van der Waals surface area contributed by atoms with Crippen LogP contribution in [-0.4, -0.2) is 30.1 Å². The van der Waals surface area contributed by atoms with Gasteiger partial charge in [-0.05, 0) is 34.2 Å². The summed E-state index contributed by atoms with van der Waals surface area (Å²) in [6, 6.07) is 11.1. The third kappa shape index (κ3) is 3.25. The van der Waals surface area contributed by atoms with Crippen molar-refractivity contribution < 1.29 is 13.7 Å². The molecule has 4 aromatic rings. The summed E-state index contributed by atoms with van der Waals surface area (Å²) in [5.74, 6) is -2.10. The molecule has 0 unspecified atom stereocenters. The number of pyridine rings is 1. The molecule has 0 aliphatic heterocycles. The van der Waals surface area contributed by atoms with Gasteiger partial charge < -0.3 is 5.73 Å². The van der Waals surface area contributed by atoms with Crippen molar-refractivity contribution in [1.82, 2.24) is 25.2 Å². The molecule has 2 N–H and O–H groups in total. The van der Waals surface area contributed by atoms with E-state index in [9.17, 15) is 18.9 Å². The fourth-order valence-electron chi connectivity index (χ4n) is 2.78. The zero-order chi connectivity index (χ0) is 20.5. The first-order valence-electron chi connectivity index (χ1n) is 8.19. The number of benzene rings is 2. The molecule has 144 valence electrons. The topological polar surface area (TPSA) is 126 Å². The zero-order valence-electron chi connectivity index (χ0n) is 14.5. The first-order valence-corrected chi connectivity index (χ1v) is 8.19. The van der Waals surface area contributed by atoms with Crippen molar-refractivity contribution in [2.24, 2.45) is 0 Å². The quantitative estimate of drug-likeness (QED) is 0.415. The van der Waals surface area contributed by atoms with E-state index in [1.807, 2.05) is 0 Å². The van der Waals surface area contributed by atoms with E-state index in [1.54, 1.807) is 12.1 Å². The van der Waals surface area contributed by atoms with Gasteiger partial charge in [0.15, 0.2) is 17.5 Å². The van der Waals surface area contributed by atoms with Crippen LogP contribution >= 0.6 is 0 Å². The van der Waals surface area contributed by atoms with Gasteiger partial charge in [0.2, 0.25) is 0 Å². The molecule has 11 heteroatoms. The molecule has 2 aromatic heterocycles. The molecule has 29 heavy (non-hydrogen) atoms. The highest BCUT2D eigenvalue weighted by Gasteiger charge is 2.19. The predicted molar refractivity (Wildman–Crippen MR) is 98.8 cm³/mol. The molecule has 2 aromatic carbocycles. The smallest absolute Gasteiger partial charge is 0.270 e. The highest BCUT2D eigenvalue weighted by atomic mass is 19.2. The van der Waals surface area contributed by atoms with Crippen LogP contribution in [0.5, 0.6) is 0 Å². The minimum atomic E-state index is -1.12. The van der Waals surface area contributed by atoms with E-state index in [1.165, 1.54) is 36.5 Å². The van der Waals surface area contributed by atoms with Gasteiger partial charge >= 0.3 is 0 Å². The normalized spacial score (nSPS) is 10.8. The Kier molecular flexibility index (Phi) is 4.39. The number of non-ortho nitro benzene ring substituents is 1. The number of hydrogen-bond acceptors (Lipinski definition) is 7. The monoisotopic (exact) mass is 395 g/mol. The highest BCUT2D eigenvalue weighted by molar-refractivity contribution is 5.77. The number of hydrogen-bond donors (Lipinski definition) is 1. The van der Waals surface area contributed by atoms with Crippen molar-refractivity contribution in [2.45, 2.75) is 0 Å². The maximum absolute atomic E-state index is 14.2. The molecule has 0 fully saturated rings. The van der Waals surface area contributed by atoms with Gasteiger partial charge in [0.25, 0.3) is 5.69 Å². The average molecular weight is 395 g/mol. The first-order chi connectivity index (χ1) is 14.0. The zero-order valence-corrected chi connectivity index (χ0v) is 14.5. The lowest BCUT2D eigenvalue weighted by Gasteiger charge is -2.09. The van der Waals surface area contributed by atoms with E-state index in [-0.39, 0.29) is 28.6 Å². The van der Waals surface area contributed by atoms with E-state index < -0.39 is 16.6 Å². The van der Waals surface area contributed by atoms with Crippen molar-refractivity contribution >= 4 is 11.5 Å². The second-order valence-corrected chi connectivity index (χ2v) is 5.95. The number of rotatable bonds is 4. The Morgan fingerprint density at radius 2 is 1.86 bits per heavy atom. The molecule has 4 rings (SSSR count). The summed E-state index contributed by atoms with van der Waals surface area (Å²) in [6.07, 6.45) is 1.44. The lowest BCUT2D eigenvalue weighted by atomic mass is 10.0. The second-order valence-electron chi connectivity index (χ2n) is 5.95. The van der Waals surface area contributed by atoms with E-state index in [0.29, 0.717) is 11.1 Å². The molecule has 0 amide bonds. The molecular weight excluding hydrogens is 384 g/mol. The molecular formula is C18H11F2N7O2.